The Morgan fingerprint density at radius 3 is 2.43 bits per heavy atom. The Morgan fingerprint density at radius 1 is 1.00 bits per heavy atom. The smallest absolute Gasteiger partial charge is 0.252 e. The molecule has 1 heterocycles. The molecule has 0 unspecified atom stereocenters. The van der Waals surface area contributed by atoms with Gasteiger partial charge in [0.25, 0.3) is 5.95 Å². The number of hydrogen-bond donors (Lipinski definition) is 1. The molecular formula is C13H8F2IN5. The van der Waals surface area contributed by atoms with Crippen LogP contribution >= 0.6 is 22.6 Å². The molecule has 106 valence electrons. The number of halogens is 3. The Kier molecular flexibility index (Phi) is 3.78. The van der Waals surface area contributed by atoms with Gasteiger partial charge in [-0.2, -0.15) is 4.68 Å². The van der Waals surface area contributed by atoms with E-state index in [4.69, 9.17) is 0 Å². The molecule has 0 aliphatic carbocycles. The van der Waals surface area contributed by atoms with Crippen LogP contribution in [0.15, 0.2) is 42.5 Å². The van der Waals surface area contributed by atoms with Crippen molar-refractivity contribution in [2.45, 2.75) is 0 Å². The molecule has 8 heteroatoms. The highest BCUT2D eigenvalue weighted by molar-refractivity contribution is 14.1. The molecule has 0 aliphatic rings. The van der Waals surface area contributed by atoms with Crippen LogP contribution in [-0.2, 0) is 0 Å². The molecule has 0 spiro atoms. The number of anilines is 2. The van der Waals surface area contributed by atoms with E-state index in [0.717, 1.165) is 0 Å². The van der Waals surface area contributed by atoms with Crippen LogP contribution in [0.4, 0.5) is 20.4 Å². The third-order valence-corrected chi connectivity index (χ3v) is 3.61. The van der Waals surface area contributed by atoms with Crippen molar-refractivity contribution >= 4 is 34.2 Å². The molecule has 0 radical (unpaired) electrons. The van der Waals surface area contributed by atoms with Gasteiger partial charge in [-0.1, -0.05) is 5.10 Å². The molecule has 0 atom stereocenters. The molecule has 21 heavy (non-hydrogen) atoms. The van der Waals surface area contributed by atoms with E-state index < -0.39 is 0 Å². The van der Waals surface area contributed by atoms with E-state index in [0.29, 0.717) is 20.9 Å². The zero-order valence-electron chi connectivity index (χ0n) is 10.5. The first kappa shape index (κ1) is 13.9. The second-order valence-corrected chi connectivity index (χ2v) is 5.30. The van der Waals surface area contributed by atoms with Crippen LogP contribution in [0, 0.1) is 15.2 Å². The molecule has 0 saturated heterocycles. The van der Waals surface area contributed by atoms with Crippen molar-refractivity contribution in [3.8, 4) is 5.69 Å². The lowest BCUT2D eigenvalue weighted by Gasteiger charge is -2.08. The zero-order valence-corrected chi connectivity index (χ0v) is 12.6. The molecular weight excluding hydrogens is 391 g/mol. The molecule has 0 fully saturated rings. The average molecular weight is 399 g/mol. The Bertz CT molecular complexity index is 772. The van der Waals surface area contributed by atoms with Crippen LogP contribution in [0.3, 0.4) is 0 Å². The second-order valence-electron chi connectivity index (χ2n) is 4.14. The predicted molar refractivity (Wildman–Crippen MR) is 81.5 cm³/mol. The van der Waals surface area contributed by atoms with Gasteiger partial charge >= 0.3 is 0 Å². The third-order valence-electron chi connectivity index (χ3n) is 2.72. The van der Waals surface area contributed by atoms with Crippen LogP contribution in [0.5, 0.6) is 0 Å². The van der Waals surface area contributed by atoms with Gasteiger partial charge in [-0.05, 0) is 75.5 Å². The minimum atomic E-state index is -0.339. The Balaban J connectivity index is 1.94. The lowest BCUT2D eigenvalue weighted by atomic mass is 10.3. The average Bonchev–Trinajstić information content (AvgIpc) is 2.91. The van der Waals surface area contributed by atoms with Gasteiger partial charge in [-0.25, -0.2) is 8.78 Å². The maximum Gasteiger partial charge on any atom is 0.252 e. The Labute approximate surface area is 132 Å². The maximum atomic E-state index is 13.1. The highest BCUT2D eigenvalue weighted by Gasteiger charge is 2.10. The molecule has 1 N–H and O–H groups in total. The Morgan fingerprint density at radius 2 is 1.71 bits per heavy atom. The number of hydrogen-bond acceptors (Lipinski definition) is 4. The van der Waals surface area contributed by atoms with Gasteiger partial charge in [0.15, 0.2) is 0 Å². The summed E-state index contributed by atoms with van der Waals surface area (Å²) in [7, 11) is 0. The molecule has 5 nitrogen and oxygen atoms in total. The van der Waals surface area contributed by atoms with E-state index in [1.165, 1.54) is 28.9 Å². The van der Waals surface area contributed by atoms with Crippen LogP contribution < -0.4 is 5.32 Å². The minimum Gasteiger partial charge on any atom is -0.322 e. The van der Waals surface area contributed by atoms with Crippen molar-refractivity contribution in [3.05, 3.63) is 57.7 Å². The highest BCUT2D eigenvalue weighted by atomic mass is 127. The summed E-state index contributed by atoms with van der Waals surface area (Å²) in [6.45, 7) is 0. The van der Waals surface area contributed by atoms with Crippen LogP contribution in [-0.4, -0.2) is 20.2 Å². The summed E-state index contributed by atoms with van der Waals surface area (Å²) in [5.74, 6) is -0.302. The quantitative estimate of drug-likeness (QED) is 0.687. The summed E-state index contributed by atoms with van der Waals surface area (Å²) in [6, 6.07) is 10.1. The lowest BCUT2D eigenvalue weighted by Crippen LogP contribution is -2.04. The Hall–Kier alpha value is -2.10. The van der Waals surface area contributed by atoms with Gasteiger partial charge in [0, 0.05) is 3.57 Å². The summed E-state index contributed by atoms with van der Waals surface area (Å²) < 4.78 is 28.2. The largest absolute Gasteiger partial charge is 0.322 e. The number of rotatable bonds is 3. The normalized spacial score (nSPS) is 10.6. The zero-order chi connectivity index (χ0) is 14.8. The summed E-state index contributed by atoms with van der Waals surface area (Å²) in [4.78, 5) is 0. The molecule has 0 saturated carbocycles. The van der Waals surface area contributed by atoms with E-state index in [1.807, 2.05) is 22.6 Å². The van der Waals surface area contributed by atoms with Crippen LogP contribution in [0.25, 0.3) is 5.69 Å². The molecule has 0 bridgehead atoms. The van der Waals surface area contributed by atoms with E-state index in [2.05, 4.69) is 20.8 Å². The fourth-order valence-electron chi connectivity index (χ4n) is 1.73. The first-order valence-corrected chi connectivity index (χ1v) is 6.98. The van der Waals surface area contributed by atoms with Gasteiger partial charge in [-0.3, -0.25) is 0 Å². The standard InChI is InChI=1S/C13H8F2IN5/c14-8-1-4-10(5-2-8)21-13(18-19-20-21)17-12-6-3-9(15)7-11(12)16/h1-7H,(H,17,18,20). The molecule has 0 aliphatic heterocycles. The predicted octanol–water partition coefficient (Wildman–Crippen LogP) is 3.29. The summed E-state index contributed by atoms with van der Waals surface area (Å²) in [5, 5.41) is 14.3. The molecule has 2 aromatic carbocycles. The number of benzene rings is 2. The van der Waals surface area contributed by atoms with Gasteiger partial charge in [0.2, 0.25) is 0 Å². The third kappa shape index (κ3) is 2.99. The summed E-state index contributed by atoms with van der Waals surface area (Å²) in [5.41, 5.74) is 1.29. The molecule has 0 amide bonds. The maximum absolute atomic E-state index is 13.1. The monoisotopic (exact) mass is 399 g/mol. The SMILES string of the molecule is Fc1ccc(-n2nnnc2Nc2ccc(F)cc2I)cc1. The van der Waals surface area contributed by atoms with Crippen molar-refractivity contribution in [1.29, 1.82) is 0 Å². The van der Waals surface area contributed by atoms with E-state index in [-0.39, 0.29) is 11.6 Å². The summed E-state index contributed by atoms with van der Waals surface area (Å²) >= 11 is 2.01. The van der Waals surface area contributed by atoms with Crippen LogP contribution in [0.1, 0.15) is 0 Å². The van der Waals surface area contributed by atoms with Crippen molar-refractivity contribution < 1.29 is 8.78 Å². The molecule has 1 aromatic heterocycles. The van der Waals surface area contributed by atoms with Gasteiger partial charge in [0.05, 0.1) is 11.4 Å². The number of tetrazole rings is 1. The van der Waals surface area contributed by atoms with Gasteiger partial charge < -0.3 is 5.32 Å². The van der Waals surface area contributed by atoms with Crippen LogP contribution in [0.2, 0.25) is 0 Å². The van der Waals surface area contributed by atoms with Crippen molar-refractivity contribution in [3.63, 3.8) is 0 Å². The molecule has 3 rings (SSSR count). The number of nitrogens with one attached hydrogen (secondary N) is 1. The van der Waals surface area contributed by atoms with E-state index in [9.17, 15) is 8.78 Å². The molecule has 3 aromatic rings. The fourth-order valence-corrected chi connectivity index (χ4v) is 2.34. The first-order chi connectivity index (χ1) is 10.1. The highest BCUT2D eigenvalue weighted by Crippen LogP contribution is 2.23. The number of nitrogens with zero attached hydrogens (tertiary/aromatic N) is 4. The van der Waals surface area contributed by atoms with Crippen molar-refractivity contribution in [2.75, 3.05) is 5.32 Å². The van der Waals surface area contributed by atoms with E-state index >= 15 is 0 Å². The summed E-state index contributed by atoms with van der Waals surface area (Å²) in [6.07, 6.45) is 0. The topological polar surface area (TPSA) is 55.6 Å². The van der Waals surface area contributed by atoms with E-state index in [1.54, 1.807) is 18.2 Å². The second kappa shape index (κ2) is 5.72. The fraction of sp³-hybridized carbons (Fsp3) is 0. The lowest BCUT2D eigenvalue weighted by molar-refractivity contribution is 0.626. The van der Waals surface area contributed by atoms with Gasteiger partial charge in [-0.15, -0.1) is 0 Å². The van der Waals surface area contributed by atoms with Crippen molar-refractivity contribution in [1.82, 2.24) is 20.2 Å². The minimum absolute atomic E-state index is 0.317. The van der Waals surface area contributed by atoms with Crippen molar-refractivity contribution in [2.24, 2.45) is 0 Å². The van der Waals surface area contributed by atoms with Gasteiger partial charge in [0.1, 0.15) is 11.6 Å². The number of aromatic nitrogens is 4. The first-order valence-electron chi connectivity index (χ1n) is 5.90.